The van der Waals surface area contributed by atoms with Gasteiger partial charge in [0.15, 0.2) is 17.3 Å². The number of hydrogen-bond acceptors (Lipinski definition) is 14. The van der Waals surface area contributed by atoms with Gasteiger partial charge in [0, 0.05) is 72.5 Å². The van der Waals surface area contributed by atoms with E-state index in [4.69, 9.17) is 18.4 Å². The third kappa shape index (κ3) is 13.7. The SMILES string of the molecule is CC=NCCCCCC(=O)C(CCSSC(C)(C)CCC(=O)Nc1cc(COc2cc3c(cc2C)C(=O)N2c4ccccc4C[C@H]2CN3C)cc(COc2cc3c(cc2OC)C(=O)N2C4C(=CC=CC4C)C[C@H]2CC3)c1)S(=O)(=O)OC. The van der Waals surface area contributed by atoms with Crippen LogP contribution in [0, 0.1) is 12.8 Å². The molecule has 432 valence electrons. The third-order valence-corrected chi connectivity index (χ3v) is 21.3. The Bertz CT molecular complexity index is 3230. The Labute approximate surface area is 486 Å². The zero-order valence-electron chi connectivity index (χ0n) is 48.0. The van der Waals surface area contributed by atoms with E-state index in [-0.39, 0.29) is 84.8 Å². The number of carbonyl (C=O) groups excluding carboxylic acids is 4. The van der Waals surface area contributed by atoms with E-state index in [1.165, 1.54) is 21.9 Å². The fourth-order valence-corrected chi connectivity index (χ4v) is 15.9. The van der Waals surface area contributed by atoms with Crippen LogP contribution in [0.15, 0.2) is 95.5 Å². The molecule has 0 aromatic heterocycles. The molecule has 9 rings (SSSR count). The van der Waals surface area contributed by atoms with Crippen LogP contribution >= 0.6 is 21.6 Å². The number of methoxy groups -OCH3 is 1. The zero-order valence-corrected chi connectivity index (χ0v) is 50.4. The topological polar surface area (TPSA) is 173 Å². The number of anilines is 3. The van der Waals surface area contributed by atoms with Crippen LogP contribution in [0.2, 0.25) is 0 Å². The van der Waals surface area contributed by atoms with Crippen LogP contribution in [0.1, 0.15) is 134 Å². The molecule has 1 N–H and O–H groups in total. The molecule has 4 heterocycles. The predicted octanol–water partition coefficient (Wildman–Crippen LogP) is 11.7. The Balaban J connectivity index is 0.889. The van der Waals surface area contributed by atoms with Crippen LogP contribution in [0.4, 0.5) is 17.1 Å². The number of ether oxygens (including phenoxy) is 3. The molecule has 1 saturated heterocycles. The molecular weight excluding hydrogens is 1080 g/mol. The number of nitrogens with one attached hydrogen (secondary N) is 1. The Morgan fingerprint density at radius 3 is 2.40 bits per heavy atom. The maximum Gasteiger partial charge on any atom is 0.277 e. The van der Waals surface area contributed by atoms with Gasteiger partial charge in [-0.25, -0.2) is 0 Å². The molecule has 4 aromatic rings. The summed E-state index contributed by atoms with van der Waals surface area (Å²) in [6.45, 7) is 11.7. The molecule has 1 aliphatic carbocycles. The van der Waals surface area contributed by atoms with Gasteiger partial charge >= 0.3 is 0 Å². The monoisotopic (exact) mass is 1160 g/mol. The molecule has 0 spiro atoms. The molecule has 3 amide bonds. The molecular formula is C63H77N5O10S3. The summed E-state index contributed by atoms with van der Waals surface area (Å²) in [5.41, 5.74) is 9.37. The molecule has 1 fully saturated rings. The summed E-state index contributed by atoms with van der Waals surface area (Å²) in [5.74, 6) is 1.71. The lowest BCUT2D eigenvalue weighted by molar-refractivity contribution is -0.119. The summed E-state index contributed by atoms with van der Waals surface area (Å²) >= 11 is 0. The number of benzene rings is 4. The van der Waals surface area contributed by atoms with Crippen molar-refractivity contribution in [3.8, 4) is 17.2 Å². The maximum atomic E-state index is 14.4. The fraction of sp³-hybridized carbons (Fsp3) is 0.476. The average Bonchev–Trinajstić information content (AvgIpc) is 3.49. The normalized spacial score (nSPS) is 19.7. The zero-order chi connectivity index (χ0) is 57.6. The molecule has 0 bridgehead atoms. The molecule has 0 radical (unpaired) electrons. The number of rotatable bonds is 25. The van der Waals surface area contributed by atoms with Crippen molar-refractivity contribution in [2.45, 2.75) is 147 Å². The van der Waals surface area contributed by atoms with Gasteiger partial charge in [0.25, 0.3) is 21.9 Å². The first-order chi connectivity index (χ1) is 38.9. The summed E-state index contributed by atoms with van der Waals surface area (Å²) in [7, 11) is 3.68. The Hall–Kier alpha value is -6.08. The number of hydrogen-bond donors (Lipinski definition) is 1. The molecule has 15 nitrogen and oxygen atoms in total. The summed E-state index contributed by atoms with van der Waals surface area (Å²) in [6, 6.07) is 21.7. The summed E-state index contributed by atoms with van der Waals surface area (Å²) in [5, 5.41) is 1.91. The van der Waals surface area contributed by atoms with E-state index in [2.05, 4.69) is 51.3 Å². The van der Waals surface area contributed by atoms with E-state index in [9.17, 15) is 27.6 Å². The number of allylic oxidation sites excluding steroid dienone is 2. The van der Waals surface area contributed by atoms with Gasteiger partial charge in [-0.15, -0.1) is 0 Å². The van der Waals surface area contributed by atoms with Gasteiger partial charge < -0.3 is 34.2 Å². The fourth-order valence-electron chi connectivity index (χ4n) is 12.0. The number of para-hydroxylation sites is 1. The van der Waals surface area contributed by atoms with E-state index < -0.39 is 15.4 Å². The number of aliphatic imine (C=N–C) groups is 1. The number of carbonyl (C=O) groups is 4. The van der Waals surface area contributed by atoms with Crippen molar-refractivity contribution in [2.24, 2.45) is 10.9 Å². The van der Waals surface area contributed by atoms with Crippen LogP contribution in [-0.2, 0) is 49.9 Å². The average molecular weight is 1160 g/mol. The van der Waals surface area contributed by atoms with E-state index in [0.29, 0.717) is 65.7 Å². The van der Waals surface area contributed by atoms with E-state index in [1.807, 2.05) is 100 Å². The Kier molecular flexibility index (Phi) is 19.1. The standard InChI is InChI=1S/C63H77N5O10S3/c1-9-64-26-14-10-11-20-54(69)58(81(73,74)76-8)24-27-79-80-63(4,5)25-23-59(70)65-47-30-42(38-77-55-36-53-51(28-41(55)3)62(72)67-49(37-66(53)6)32-45-17-12-13-19-52(45)67)29-43(31-47)39-78-57-34-44-21-22-48-33-46-18-15-16-40(2)60(46)68(48)61(71)50(44)35-56(57)75-7/h9,12-13,15-19,28-31,34-36,40,48-49,58,60H,10-11,14,20-27,32-33,37-39H2,1-8H3,(H,65,70)/t40?,48-,49+,58?,60?/m1/s1. The second-order valence-electron chi connectivity index (χ2n) is 22.6. The highest BCUT2D eigenvalue weighted by Crippen LogP contribution is 2.45. The molecule has 4 aromatic carbocycles. The van der Waals surface area contributed by atoms with Gasteiger partial charge in [-0.05, 0) is 167 Å². The smallest absolute Gasteiger partial charge is 0.277 e. The third-order valence-electron chi connectivity index (χ3n) is 16.2. The van der Waals surface area contributed by atoms with E-state index in [1.54, 1.807) is 24.1 Å². The quantitative estimate of drug-likeness (QED) is 0.0288. The highest BCUT2D eigenvalue weighted by molar-refractivity contribution is 8.77. The molecule has 3 unspecified atom stereocenters. The van der Waals surface area contributed by atoms with Gasteiger partial charge in [0.2, 0.25) is 5.91 Å². The number of likely N-dealkylation sites (N-methyl/N-ethyl adjacent to an activating group) is 1. The number of Topliss-reactive ketones (excluding diaryl/α,β-unsaturated/α-hetero) is 1. The first-order valence-corrected chi connectivity index (χ1v) is 32.1. The summed E-state index contributed by atoms with van der Waals surface area (Å²) < 4.78 is 49.2. The van der Waals surface area contributed by atoms with E-state index >= 15 is 0 Å². The van der Waals surface area contributed by atoms with Gasteiger partial charge in [-0.1, -0.05) is 71.4 Å². The van der Waals surface area contributed by atoms with Gasteiger partial charge in [-0.3, -0.25) is 28.4 Å². The lowest BCUT2D eigenvalue weighted by Crippen LogP contribution is -2.43. The van der Waals surface area contributed by atoms with Crippen LogP contribution in [-0.4, -0.2) is 111 Å². The van der Waals surface area contributed by atoms with Crippen LogP contribution < -0.4 is 29.3 Å². The highest BCUT2D eigenvalue weighted by atomic mass is 33.1. The molecule has 0 saturated carbocycles. The number of amides is 3. The second-order valence-corrected chi connectivity index (χ2v) is 27.6. The number of ketones is 1. The lowest BCUT2D eigenvalue weighted by atomic mass is 9.89. The minimum absolute atomic E-state index is 0.0107. The second kappa shape index (κ2) is 26.0. The van der Waals surface area contributed by atoms with Crippen molar-refractivity contribution in [3.63, 3.8) is 0 Å². The number of unbranched alkanes of at least 4 members (excludes halogenated alkanes) is 2. The van der Waals surface area contributed by atoms with Crippen molar-refractivity contribution in [1.29, 1.82) is 0 Å². The highest BCUT2D eigenvalue weighted by Gasteiger charge is 2.45. The van der Waals surface area contributed by atoms with Crippen molar-refractivity contribution >= 4 is 78.5 Å². The summed E-state index contributed by atoms with van der Waals surface area (Å²) in [6.07, 6.45) is 14.7. The van der Waals surface area contributed by atoms with Crippen LogP contribution in [0.5, 0.6) is 17.2 Å². The molecule has 4 aliphatic heterocycles. The van der Waals surface area contributed by atoms with Gasteiger partial charge in [0.1, 0.15) is 24.2 Å². The minimum Gasteiger partial charge on any atom is -0.493 e. The van der Waals surface area contributed by atoms with E-state index in [0.717, 1.165) is 79.3 Å². The number of fused-ring (bicyclic) bond motifs is 8. The number of aryl methyl sites for hydroxylation is 2. The number of nitrogens with zero attached hydrogens (tertiary/aromatic N) is 4. The summed E-state index contributed by atoms with van der Waals surface area (Å²) in [4.78, 5) is 66.1. The van der Waals surface area contributed by atoms with Crippen LogP contribution in [0.3, 0.4) is 0 Å². The van der Waals surface area contributed by atoms with Crippen LogP contribution in [0.25, 0.3) is 0 Å². The minimum atomic E-state index is -4.06. The first-order valence-electron chi connectivity index (χ1n) is 28.3. The predicted molar refractivity (Wildman–Crippen MR) is 325 cm³/mol. The van der Waals surface area contributed by atoms with Crippen molar-refractivity contribution < 1.29 is 46.0 Å². The molecule has 81 heavy (non-hydrogen) atoms. The maximum absolute atomic E-state index is 14.4. The lowest BCUT2D eigenvalue weighted by Gasteiger charge is -2.33. The molecule has 18 heteroatoms. The van der Waals surface area contributed by atoms with Crippen molar-refractivity contribution in [3.05, 3.63) is 129 Å². The van der Waals surface area contributed by atoms with Crippen molar-refractivity contribution in [2.75, 3.05) is 55.2 Å². The molecule has 5 aliphatic rings. The van der Waals surface area contributed by atoms with Gasteiger partial charge in [0.05, 0.1) is 37.6 Å². The largest absolute Gasteiger partial charge is 0.493 e. The van der Waals surface area contributed by atoms with Gasteiger partial charge in [-0.2, -0.15) is 8.42 Å². The van der Waals surface area contributed by atoms with Crippen molar-refractivity contribution in [1.82, 2.24) is 4.90 Å². The Morgan fingerprint density at radius 1 is 0.877 bits per heavy atom. The Morgan fingerprint density at radius 2 is 1.64 bits per heavy atom. The first kappa shape index (κ1) is 59.5. The molecule has 5 atom stereocenters.